The van der Waals surface area contributed by atoms with Crippen LogP contribution in [0.15, 0.2) is 255 Å². The maximum Gasteiger partial charge on any atom is 0.0555 e. The summed E-state index contributed by atoms with van der Waals surface area (Å²) in [6.45, 7) is 0. The van der Waals surface area contributed by atoms with Crippen molar-refractivity contribution in [3.05, 3.63) is 255 Å². The Kier molecular flexibility index (Phi) is 10.1. The Morgan fingerprint density at radius 2 is 0.603 bits per heavy atom. The Morgan fingerprint density at radius 3 is 1.10 bits per heavy atom. The van der Waals surface area contributed by atoms with Crippen molar-refractivity contribution in [1.29, 1.82) is 0 Å². The topological polar surface area (TPSA) is 6.48 Å². The van der Waals surface area contributed by atoms with Crippen molar-refractivity contribution in [2.24, 2.45) is 0 Å². The zero-order valence-electron chi connectivity index (χ0n) is 34.6. The van der Waals surface area contributed by atoms with Crippen LogP contribution in [0.3, 0.4) is 0 Å². The van der Waals surface area contributed by atoms with Gasteiger partial charge in [-0.05, 0) is 88.5 Å². The van der Waals surface area contributed by atoms with E-state index in [0.29, 0.717) is 0 Å². The highest BCUT2D eigenvalue weighted by Gasteiger charge is 2.23. The normalized spacial score (nSPS) is 11.2. The van der Waals surface area contributed by atoms with Gasteiger partial charge in [-0.2, -0.15) is 0 Å². The van der Waals surface area contributed by atoms with E-state index in [4.69, 9.17) is 0 Å². The molecule has 10 aromatic carbocycles. The molecule has 1 aromatic heterocycles. The van der Waals surface area contributed by atoms with Crippen molar-refractivity contribution in [1.82, 2.24) is 0 Å². The molecule has 0 aliphatic heterocycles. The van der Waals surface area contributed by atoms with E-state index in [1.807, 2.05) is 11.3 Å². The summed E-state index contributed by atoms with van der Waals surface area (Å²) < 4.78 is 2.56. The summed E-state index contributed by atoms with van der Waals surface area (Å²) in [5.74, 6) is 0. The van der Waals surface area contributed by atoms with Crippen LogP contribution < -0.4 is 9.80 Å². The Hall–Kier alpha value is -7.98. The molecule has 1 heterocycles. The predicted molar refractivity (Wildman–Crippen MR) is 270 cm³/mol. The van der Waals surface area contributed by atoms with Crippen LogP contribution in [0.25, 0.3) is 64.7 Å². The molecule has 0 amide bonds. The monoisotopic (exact) mass is 822 g/mol. The number of anilines is 6. The lowest BCUT2D eigenvalue weighted by Crippen LogP contribution is -2.12. The van der Waals surface area contributed by atoms with Crippen molar-refractivity contribution in [2.75, 3.05) is 9.80 Å². The second-order valence-corrected chi connectivity index (χ2v) is 16.8. The van der Waals surface area contributed by atoms with Crippen molar-refractivity contribution in [3.8, 4) is 44.5 Å². The number of hydrogen-bond acceptors (Lipinski definition) is 3. The number of thiophene rings is 1. The van der Waals surface area contributed by atoms with Crippen LogP contribution in [0.4, 0.5) is 34.1 Å². The van der Waals surface area contributed by atoms with Gasteiger partial charge in [0.25, 0.3) is 0 Å². The average Bonchev–Trinajstić information content (AvgIpc) is 3.75. The largest absolute Gasteiger partial charge is 0.309 e. The first-order valence-electron chi connectivity index (χ1n) is 21.4. The molecule has 0 aliphatic rings. The summed E-state index contributed by atoms with van der Waals surface area (Å²) in [7, 11) is 0. The maximum atomic E-state index is 2.47. The van der Waals surface area contributed by atoms with E-state index in [0.717, 1.165) is 56.4 Å². The van der Waals surface area contributed by atoms with Gasteiger partial charge in [-0.15, -0.1) is 11.3 Å². The fourth-order valence-corrected chi connectivity index (χ4v) is 10.1. The molecule has 0 atom stereocenters. The summed E-state index contributed by atoms with van der Waals surface area (Å²) in [4.78, 5) is 4.90. The van der Waals surface area contributed by atoms with Crippen LogP contribution >= 0.6 is 11.3 Å². The van der Waals surface area contributed by atoms with Crippen molar-refractivity contribution < 1.29 is 0 Å². The molecular formula is C60H42N2S. The molecule has 0 bridgehead atoms. The van der Waals surface area contributed by atoms with Gasteiger partial charge in [0, 0.05) is 48.2 Å². The van der Waals surface area contributed by atoms with Gasteiger partial charge in [0.15, 0.2) is 0 Å². The molecule has 0 aliphatic carbocycles. The number of nitrogens with zero attached hydrogens (tertiary/aromatic N) is 2. The third-order valence-corrected chi connectivity index (χ3v) is 13.0. The van der Waals surface area contributed by atoms with Gasteiger partial charge in [0.2, 0.25) is 0 Å². The first kappa shape index (κ1) is 38.0. The van der Waals surface area contributed by atoms with Gasteiger partial charge in [-0.1, -0.05) is 194 Å². The van der Waals surface area contributed by atoms with Crippen LogP contribution in [0.1, 0.15) is 0 Å². The second kappa shape index (κ2) is 16.8. The molecule has 11 rings (SSSR count). The highest BCUT2D eigenvalue weighted by atomic mass is 32.1. The lowest BCUT2D eigenvalue weighted by molar-refractivity contribution is 1.28. The van der Waals surface area contributed by atoms with Gasteiger partial charge < -0.3 is 9.80 Å². The lowest BCUT2D eigenvalue weighted by Gasteiger charge is -2.30. The zero-order chi connectivity index (χ0) is 42.0. The highest BCUT2D eigenvalue weighted by molar-refractivity contribution is 7.26. The molecular weight excluding hydrogens is 781 g/mol. The quantitative estimate of drug-likeness (QED) is 0.136. The molecule has 0 unspecified atom stereocenters. The maximum absolute atomic E-state index is 2.47. The second-order valence-electron chi connectivity index (χ2n) is 15.7. The lowest BCUT2D eigenvalue weighted by atomic mass is 9.97. The van der Waals surface area contributed by atoms with Gasteiger partial charge in [-0.25, -0.2) is 0 Å². The van der Waals surface area contributed by atoms with Crippen LogP contribution in [0.2, 0.25) is 0 Å². The fourth-order valence-electron chi connectivity index (χ4n) is 9.00. The zero-order valence-corrected chi connectivity index (χ0v) is 35.4. The van der Waals surface area contributed by atoms with E-state index in [1.165, 1.54) is 42.4 Å². The minimum Gasteiger partial charge on any atom is -0.309 e. The molecule has 11 aromatic rings. The molecule has 0 radical (unpaired) electrons. The third-order valence-electron chi connectivity index (χ3n) is 11.9. The standard InChI is InChI=1S/C60H42N2S/c1-4-21-43(22-5-1)50-31-10-14-35-54(50)61(55-36-15-11-32-51(55)44-23-6-2-7-24-44)48-29-18-27-46(41-48)47-28-19-30-49(42-47)62(56-37-16-12-33-52(56)45-25-8-3-9-26-45)57-38-20-40-59-60(57)53-34-13-17-39-58(53)63-59/h1-42H. The number of fused-ring (bicyclic) bond motifs is 3. The van der Waals surface area contributed by atoms with E-state index in [1.54, 1.807) is 0 Å². The fraction of sp³-hybridized carbons (Fsp3) is 0. The predicted octanol–water partition coefficient (Wildman–Crippen LogP) is 17.7. The van der Waals surface area contributed by atoms with Crippen molar-refractivity contribution in [3.63, 3.8) is 0 Å². The van der Waals surface area contributed by atoms with E-state index < -0.39 is 0 Å². The molecule has 0 saturated carbocycles. The minimum absolute atomic E-state index is 1.07. The molecule has 0 spiro atoms. The molecule has 0 fully saturated rings. The van der Waals surface area contributed by atoms with Gasteiger partial charge in [-0.3, -0.25) is 0 Å². The Balaban J connectivity index is 1.10. The Morgan fingerprint density at radius 1 is 0.254 bits per heavy atom. The van der Waals surface area contributed by atoms with Crippen LogP contribution in [-0.4, -0.2) is 0 Å². The van der Waals surface area contributed by atoms with Crippen LogP contribution in [0.5, 0.6) is 0 Å². The van der Waals surface area contributed by atoms with Gasteiger partial charge >= 0.3 is 0 Å². The van der Waals surface area contributed by atoms with E-state index in [-0.39, 0.29) is 0 Å². The van der Waals surface area contributed by atoms with E-state index >= 15 is 0 Å². The summed E-state index contributed by atoms with van der Waals surface area (Å²) in [6.07, 6.45) is 0. The first-order chi connectivity index (χ1) is 31.3. The number of rotatable bonds is 10. The summed E-state index contributed by atoms with van der Waals surface area (Å²) in [5.41, 5.74) is 15.9. The van der Waals surface area contributed by atoms with Gasteiger partial charge in [0.05, 0.1) is 22.7 Å². The number of benzene rings is 10. The van der Waals surface area contributed by atoms with Crippen LogP contribution in [0, 0.1) is 0 Å². The Labute approximate surface area is 372 Å². The van der Waals surface area contributed by atoms with Gasteiger partial charge in [0.1, 0.15) is 0 Å². The molecule has 298 valence electrons. The van der Waals surface area contributed by atoms with Crippen molar-refractivity contribution >= 4 is 65.6 Å². The van der Waals surface area contributed by atoms with Crippen molar-refractivity contribution in [2.45, 2.75) is 0 Å². The summed E-state index contributed by atoms with van der Waals surface area (Å²) in [5, 5.41) is 2.53. The molecule has 3 heteroatoms. The average molecular weight is 823 g/mol. The summed E-state index contributed by atoms with van der Waals surface area (Å²) in [6, 6.07) is 92.1. The molecule has 63 heavy (non-hydrogen) atoms. The first-order valence-corrected chi connectivity index (χ1v) is 22.2. The SMILES string of the molecule is c1ccc(-c2ccccc2N(c2cccc(-c3cccc(N(c4ccccc4-c4ccccc4)c4cccc5sc6ccccc6c45)c3)c2)c2ccccc2-c2ccccc2)cc1. The smallest absolute Gasteiger partial charge is 0.0555 e. The number of para-hydroxylation sites is 3. The highest BCUT2D eigenvalue weighted by Crippen LogP contribution is 2.49. The molecule has 2 nitrogen and oxygen atoms in total. The van der Waals surface area contributed by atoms with E-state index in [2.05, 4.69) is 265 Å². The summed E-state index contributed by atoms with van der Waals surface area (Å²) >= 11 is 1.85. The molecule has 0 N–H and O–H groups in total. The minimum atomic E-state index is 1.07. The van der Waals surface area contributed by atoms with Crippen LogP contribution in [-0.2, 0) is 0 Å². The van der Waals surface area contributed by atoms with E-state index in [9.17, 15) is 0 Å². The Bertz CT molecular complexity index is 3270. The third kappa shape index (κ3) is 7.25. The molecule has 0 saturated heterocycles. The number of hydrogen-bond donors (Lipinski definition) is 0.